The fourth-order valence-electron chi connectivity index (χ4n) is 8.39. The van der Waals surface area contributed by atoms with Gasteiger partial charge < -0.3 is 39.0 Å². The number of carboxylic acids is 1. The summed E-state index contributed by atoms with van der Waals surface area (Å²) in [5.41, 5.74) is 0. The Kier molecular flexibility index (Phi) is 46.6. The molecule has 1 rings (SSSR count). The number of rotatable bonds is 49. The maximum atomic E-state index is 13.1. The molecule has 12 nitrogen and oxygen atoms in total. The zero-order valence-electron chi connectivity index (χ0n) is 47.0. The molecule has 1 fully saturated rings. The van der Waals surface area contributed by atoms with Crippen molar-refractivity contribution >= 4 is 23.9 Å². The minimum Gasteiger partial charge on any atom is -0.479 e. The summed E-state index contributed by atoms with van der Waals surface area (Å²) in [6.45, 7) is 5.77. The first-order chi connectivity index (χ1) is 36.6. The molecule has 0 aromatic rings. The molecule has 0 aromatic carbocycles. The first-order valence-corrected chi connectivity index (χ1v) is 29.6. The van der Waals surface area contributed by atoms with Crippen LogP contribution in [0.5, 0.6) is 0 Å². The van der Waals surface area contributed by atoms with Gasteiger partial charge in [-0.15, -0.1) is 0 Å². The number of carbonyl (C=O) groups excluding carboxylic acids is 3. The molecule has 75 heavy (non-hydrogen) atoms. The first-order valence-electron chi connectivity index (χ1n) is 29.6. The second-order valence-corrected chi connectivity index (χ2v) is 19.9. The minimum atomic E-state index is -1.92. The van der Waals surface area contributed by atoms with E-state index < -0.39 is 67.3 Å². The molecule has 428 valence electrons. The van der Waals surface area contributed by atoms with Crippen LogP contribution in [0.15, 0.2) is 85.1 Å². The quantitative estimate of drug-likeness (QED) is 0.0228. The molecule has 0 aromatic heterocycles. The van der Waals surface area contributed by atoms with Crippen LogP contribution in [0.2, 0.25) is 0 Å². The molecule has 1 aliphatic heterocycles. The van der Waals surface area contributed by atoms with Gasteiger partial charge in [-0.3, -0.25) is 14.4 Å². The number of carbonyl (C=O) groups is 4. The third-order valence-electron chi connectivity index (χ3n) is 12.9. The average Bonchev–Trinajstić information content (AvgIpc) is 3.39. The molecule has 0 saturated carbocycles. The highest BCUT2D eigenvalue weighted by atomic mass is 16.7. The maximum Gasteiger partial charge on any atom is 0.335 e. The Balaban J connectivity index is 2.72. The Morgan fingerprint density at radius 1 is 0.453 bits per heavy atom. The van der Waals surface area contributed by atoms with E-state index in [1.165, 1.54) is 64.2 Å². The molecule has 1 aliphatic rings. The summed E-state index contributed by atoms with van der Waals surface area (Å²) >= 11 is 0. The number of carboxylic acid groups (broad SMARTS) is 1. The van der Waals surface area contributed by atoms with Crippen LogP contribution >= 0.6 is 0 Å². The van der Waals surface area contributed by atoms with Gasteiger partial charge >= 0.3 is 23.9 Å². The van der Waals surface area contributed by atoms with E-state index in [0.29, 0.717) is 25.7 Å². The number of allylic oxidation sites excluding steroid dienone is 14. The Labute approximate surface area is 454 Å². The lowest BCUT2D eigenvalue weighted by Crippen LogP contribution is -2.61. The summed E-state index contributed by atoms with van der Waals surface area (Å²) in [5.74, 6) is -3.20. The second kappa shape index (κ2) is 50.7. The molecular formula is C63H104O12. The third kappa shape index (κ3) is 40.8. The van der Waals surface area contributed by atoms with Crippen LogP contribution in [-0.4, -0.2) is 89.2 Å². The molecule has 6 atom stereocenters. The van der Waals surface area contributed by atoms with Gasteiger partial charge in [-0.05, 0) is 109 Å². The van der Waals surface area contributed by atoms with Crippen molar-refractivity contribution in [2.24, 2.45) is 0 Å². The summed E-state index contributed by atoms with van der Waals surface area (Å²) in [5, 5.41) is 31.5. The Hall–Kier alpha value is -4.10. The topological polar surface area (TPSA) is 175 Å². The molecule has 12 heteroatoms. The number of aliphatic hydroxyl groups is 2. The first kappa shape index (κ1) is 68.9. The summed E-state index contributed by atoms with van der Waals surface area (Å²) in [6, 6.07) is 0. The van der Waals surface area contributed by atoms with E-state index in [1.54, 1.807) is 0 Å². The van der Waals surface area contributed by atoms with Gasteiger partial charge in [-0.2, -0.15) is 0 Å². The van der Waals surface area contributed by atoms with Crippen LogP contribution in [0.1, 0.15) is 239 Å². The standard InChI is InChI=1S/C63H104O12/c1-4-7-10-13-16-19-22-25-27-28-30-32-34-37-40-43-46-49-55(64)71-52-54(73-56(65)50-47-44-41-38-35-31-24-21-18-15-12-9-6-3)53-72-63-61(59(68)58(67)60(75-63)62(69)70)74-57(66)51-48-45-42-39-36-33-29-26-23-20-17-14-11-8-5-2/h8,11-12,15,17,20-21,24-27,29,36,39,54,58-61,63,67-68H,4-7,9-10,13-14,16,18-19,22-23,28,30-35,37-38,40-53H2,1-3H3,(H,69,70)/b11-8-,15-12-,20-17-,24-21-,27-25-,29-26-,39-36-. The SMILES string of the molecule is CC/C=C\C/C=C\C/C=C\C/C=C\CCCCC(=O)OC1C(OCC(COC(=O)CCCCCCCCC/C=C\CCCCCCCC)OC(=O)CCCCCCC/C=C\C/C=C\CCC)OC(C(=O)O)C(O)C1O. The smallest absolute Gasteiger partial charge is 0.335 e. The third-order valence-corrected chi connectivity index (χ3v) is 12.9. The average molecular weight is 1050 g/mol. The molecule has 6 unspecified atom stereocenters. The summed E-state index contributed by atoms with van der Waals surface area (Å²) < 4.78 is 28.4. The molecule has 0 bridgehead atoms. The van der Waals surface area contributed by atoms with E-state index in [9.17, 15) is 34.5 Å². The molecule has 1 saturated heterocycles. The molecule has 0 aliphatic carbocycles. The number of unbranched alkanes of at least 4 members (excludes halogenated alkanes) is 21. The van der Waals surface area contributed by atoms with Crippen molar-refractivity contribution in [1.29, 1.82) is 0 Å². The van der Waals surface area contributed by atoms with Crippen molar-refractivity contribution < 1.29 is 58.2 Å². The van der Waals surface area contributed by atoms with Gasteiger partial charge in [0.2, 0.25) is 0 Å². The van der Waals surface area contributed by atoms with Crippen LogP contribution < -0.4 is 0 Å². The normalized spacial score (nSPS) is 18.8. The fourth-order valence-corrected chi connectivity index (χ4v) is 8.39. The van der Waals surface area contributed by atoms with Crippen LogP contribution in [0.4, 0.5) is 0 Å². The zero-order chi connectivity index (χ0) is 54.7. The molecule has 0 spiro atoms. The predicted octanol–water partition coefficient (Wildman–Crippen LogP) is 15.1. The predicted molar refractivity (Wildman–Crippen MR) is 303 cm³/mol. The second-order valence-electron chi connectivity index (χ2n) is 19.9. The Morgan fingerprint density at radius 2 is 0.867 bits per heavy atom. The van der Waals surface area contributed by atoms with Crippen molar-refractivity contribution in [1.82, 2.24) is 0 Å². The maximum absolute atomic E-state index is 13.1. The van der Waals surface area contributed by atoms with Crippen LogP contribution in [0.3, 0.4) is 0 Å². The summed E-state index contributed by atoms with van der Waals surface area (Å²) in [6.07, 6.45) is 52.7. The van der Waals surface area contributed by atoms with Crippen molar-refractivity contribution in [3.05, 3.63) is 85.1 Å². The van der Waals surface area contributed by atoms with Crippen LogP contribution in [-0.2, 0) is 42.9 Å². The number of esters is 3. The Morgan fingerprint density at radius 3 is 1.37 bits per heavy atom. The largest absolute Gasteiger partial charge is 0.479 e. The molecule has 3 N–H and O–H groups in total. The lowest BCUT2D eigenvalue weighted by molar-refractivity contribution is -0.301. The number of aliphatic carboxylic acids is 1. The lowest BCUT2D eigenvalue weighted by Gasteiger charge is -2.40. The van der Waals surface area contributed by atoms with Gasteiger partial charge in [0.25, 0.3) is 0 Å². The number of aliphatic hydroxyl groups excluding tert-OH is 2. The van der Waals surface area contributed by atoms with Gasteiger partial charge in [0.15, 0.2) is 24.6 Å². The minimum absolute atomic E-state index is 0.00339. The van der Waals surface area contributed by atoms with Gasteiger partial charge in [0.05, 0.1) is 6.61 Å². The summed E-state index contributed by atoms with van der Waals surface area (Å²) in [7, 11) is 0. The highest BCUT2D eigenvalue weighted by Gasteiger charge is 2.50. The van der Waals surface area contributed by atoms with Gasteiger partial charge in [-0.1, -0.05) is 196 Å². The van der Waals surface area contributed by atoms with Gasteiger partial charge in [0, 0.05) is 19.3 Å². The van der Waals surface area contributed by atoms with Crippen molar-refractivity contribution in [2.45, 2.75) is 276 Å². The van der Waals surface area contributed by atoms with Gasteiger partial charge in [0.1, 0.15) is 18.8 Å². The molecular weight excluding hydrogens is 949 g/mol. The van der Waals surface area contributed by atoms with Crippen LogP contribution in [0, 0.1) is 0 Å². The lowest BCUT2D eigenvalue weighted by atomic mass is 9.98. The number of hydrogen-bond donors (Lipinski definition) is 3. The highest BCUT2D eigenvalue weighted by Crippen LogP contribution is 2.26. The molecule has 0 amide bonds. The zero-order valence-corrected chi connectivity index (χ0v) is 47.0. The van der Waals surface area contributed by atoms with Gasteiger partial charge in [-0.25, -0.2) is 4.79 Å². The fraction of sp³-hybridized carbons (Fsp3) is 0.714. The van der Waals surface area contributed by atoms with E-state index in [2.05, 4.69) is 106 Å². The van der Waals surface area contributed by atoms with E-state index in [0.717, 1.165) is 109 Å². The molecule has 0 radical (unpaired) electrons. The monoisotopic (exact) mass is 1050 g/mol. The van der Waals surface area contributed by atoms with Crippen LogP contribution in [0.25, 0.3) is 0 Å². The number of hydrogen-bond acceptors (Lipinski definition) is 11. The number of ether oxygens (including phenoxy) is 5. The van der Waals surface area contributed by atoms with E-state index in [4.69, 9.17) is 23.7 Å². The highest BCUT2D eigenvalue weighted by molar-refractivity contribution is 5.74. The van der Waals surface area contributed by atoms with Crippen molar-refractivity contribution in [3.63, 3.8) is 0 Å². The summed E-state index contributed by atoms with van der Waals surface area (Å²) in [4.78, 5) is 51.1. The van der Waals surface area contributed by atoms with E-state index in [1.807, 2.05) is 0 Å². The van der Waals surface area contributed by atoms with Crippen molar-refractivity contribution in [3.8, 4) is 0 Å². The molecule has 1 heterocycles. The van der Waals surface area contributed by atoms with E-state index >= 15 is 0 Å². The Bertz CT molecular complexity index is 1630. The van der Waals surface area contributed by atoms with Crippen molar-refractivity contribution in [2.75, 3.05) is 13.2 Å². The van der Waals surface area contributed by atoms with E-state index in [-0.39, 0.29) is 25.9 Å².